The van der Waals surface area contributed by atoms with E-state index >= 15 is 0 Å². The van der Waals surface area contributed by atoms with E-state index in [-0.39, 0.29) is 5.38 Å². The van der Waals surface area contributed by atoms with Crippen molar-refractivity contribution in [2.45, 2.75) is 64.3 Å². The van der Waals surface area contributed by atoms with Gasteiger partial charge in [-0.1, -0.05) is 56.7 Å². The Morgan fingerprint density at radius 1 is 1.14 bits per heavy atom. The number of hydrogen-bond donors (Lipinski definition) is 0. The second-order valence-corrected chi connectivity index (χ2v) is 6.67. The summed E-state index contributed by atoms with van der Waals surface area (Å²) in [6, 6.07) is 5.94. The number of halogens is 2. The zero-order valence-corrected chi connectivity index (χ0v) is 14.4. The van der Waals surface area contributed by atoms with E-state index in [0.717, 1.165) is 29.8 Å². The second kappa shape index (κ2) is 8.05. The fourth-order valence-corrected chi connectivity index (χ4v) is 3.10. The fraction of sp³-hybridized carbons (Fsp3) is 0.588. The molecule has 0 aliphatic heterocycles. The first-order chi connectivity index (χ1) is 10.1. The molecular formula is C17H24Cl2N2. The third-order valence-corrected chi connectivity index (χ3v) is 4.35. The van der Waals surface area contributed by atoms with Crippen LogP contribution in [-0.2, 0) is 6.54 Å². The molecule has 0 N–H and O–H groups in total. The van der Waals surface area contributed by atoms with E-state index in [1.165, 1.54) is 32.1 Å². The Labute approximate surface area is 137 Å². The molecule has 0 bridgehead atoms. The Hall–Kier alpha value is -0.730. The lowest BCUT2D eigenvalue weighted by Gasteiger charge is -2.10. The van der Waals surface area contributed by atoms with Gasteiger partial charge in [0, 0.05) is 6.54 Å². The number of nitrogens with zero attached hydrogens (tertiary/aromatic N) is 2. The quantitative estimate of drug-likeness (QED) is 0.408. The predicted molar refractivity (Wildman–Crippen MR) is 92.4 cm³/mol. The summed E-state index contributed by atoms with van der Waals surface area (Å²) in [5.74, 6) is 0.924. The summed E-state index contributed by atoms with van der Waals surface area (Å²) >= 11 is 12.5. The molecule has 4 heteroatoms. The van der Waals surface area contributed by atoms with Gasteiger partial charge in [-0.25, -0.2) is 4.98 Å². The summed E-state index contributed by atoms with van der Waals surface area (Å²) in [4.78, 5) is 4.64. The molecule has 0 radical (unpaired) electrons. The third kappa shape index (κ3) is 4.14. The number of aryl methyl sites for hydroxylation is 1. The summed E-state index contributed by atoms with van der Waals surface area (Å²) in [7, 11) is 0. The maximum atomic E-state index is 6.29. The van der Waals surface area contributed by atoms with Crippen LogP contribution >= 0.6 is 23.2 Å². The van der Waals surface area contributed by atoms with Crippen molar-refractivity contribution in [2.24, 2.45) is 0 Å². The molecule has 1 aromatic heterocycles. The van der Waals surface area contributed by atoms with Crippen LogP contribution in [0.2, 0.25) is 5.02 Å². The van der Waals surface area contributed by atoms with Crippen LogP contribution in [0.25, 0.3) is 11.0 Å². The van der Waals surface area contributed by atoms with Gasteiger partial charge < -0.3 is 4.57 Å². The highest BCUT2D eigenvalue weighted by atomic mass is 35.5. The SMILES string of the molecule is CCCCCCCCn1c(C(C)Cl)nc2c(Cl)cccc21. The molecule has 116 valence electrons. The third-order valence-electron chi connectivity index (χ3n) is 3.85. The van der Waals surface area contributed by atoms with Gasteiger partial charge in [-0.15, -0.1) is 11.6 Å². The average molecular weight is 327 g/mol. The first-order valence-corrected chi connectivity index (χ1v) is 8.75. The molecule has 0 aliphatic rings. The summed E-state index contributed by atoms with van der Waals surface area (Å²) < 4.78 is 2.23. The standard InChI is InChI=1S/C17H24Cl2N2/c1-3-4-5-6-7-8-12-21-15-11-9-10-14(19)16(15)20-17(21)13(2)18/h9-11,13H,3-8,12H2,1-2H3. The van der Waals surface area contributed by atoms with Crippen LogP contribution in [0.4, 0.5) is 0 Å². The van der Waals surface area contributed by atoms with Gasteiger partial charge in [0.1, 0.15) is 11.3 Å². The summed E-state index contributed by atoms with van der Waals surface area (Å²) in [6.45, 7) is 5.18. The van der Waals surface area contributed by atoms with Crippen LogP contribution in [0, 0.1) is 0 Å². The van der Waals surface area contributed by atoms with Gasteiger partial charge in [-0.05, 0) is 25.5 Å². The highest BCUT2D eigenvalue weighted by molar-refractivity contribution is 6.35. The number of hydrogen-bond acceptors (Lipinski definition) is 1. The van der Waals surface area contributed by atoms with E-state index in [0.29, 0.717) is 5.02 Å². The van der Waals surface area contributed by atoms with E-state index < -0.39 is 0 Å². The maximum absolute atomic E-state index is 6.29. The Morgan fingerprint density at radius 2 is 1.86 bits per heavy atom. The molecule has 0 spiro atoms. The van der Waals surface area contributed by atoms with Gasteiger partial charge in [0.25, 0.3) is 0 Å². The van der Waals surface area contributed by atoms with Gasteiger partial charge >= 0.3 is 0 Å². The number of rotatable bonds is 8. The molecule has 2 aromatic rings. The molecule has 1 unspecified atom stereocenters. The number of alkyl halides is 1. The van der Waals surface area contributed by atoms with Crippen LogP contribution in [-0.4, -0.2) is 9.55 Å². The van der Waals surface area contributed by atoms with E-state index in [2.05, 4.69) is 22.5 Å². The molecule has 2 rings (SSSR count). The maximum Gasteiger partial charge on any atom is 0.127 e. The van der Waals surface area contributed by atoms with E-state index in [9.17, 15) is 0 Å². The highest BCUT2D eigenvalue weighted by Crippen LogP contribution is 2.29. The van der Waals surface area contributed by atoms with Crippen LogP contribution in [0.5, 0.6) is 0 Å². The Bertz CT molecular complexity index is 575. The van der Waals surface area contributed by atoms with E-state index in [4.69, 9.17) is 23.2 Å². The number of fused-ring (bicyclic) bond motifs is 1. The summed E-state index contributed by atoms with van der Waals surface area (Å²) in [5, 5.41) is 0.598. The summed E-state index contributed by atoms with van der Waals surface area (Å²) in [5.41, 5.74) is 1.96. The normalized spacial score (nSPS) is 13.0. The van der Waals surface area contributed by atoms with Crippen molar-refractivity contribution < 1.29 is 0 Å². The molecular weight excluding hydrogens is 303 g/mol. The fourth-order valence-electron chi connectivity index (χ4n) is 2.72. The second-order valence-electron chi connectivity index (χ2n) is 5.61. The largest absolute Gasteiger partial charge is 0.327 e. The lowest BCUT2D eigenvalue weighted by atomic mass is 10.1. The van der Waals surface area contributed by atoms with Gasteiger partial charge in [-0.2, -0.15) is 0 Å². The average Bonchev–Trinajstić information content (AvgIpc) is 2.83. The molecule has 2 nitrogen and oxygen atoms in total. The molecule has 0 amide bonds. The van der Waals surface area contributed by atoms with Crippen molar-refractivity contribution in [1.29, 1.82) is 0 Å². The molecule has 1 aromatic carbocycles. The van der Waals surface area contributed by atoms with Crippen molar-refractivity contribution in [3.63, 3.8) is 0 Å². The molecule has 0 fully saturated rings. The zero-order chi connectivity index (χ0) is 15.2. The lowest BCUT2D eigenvalue weighted by molar-refractivity contribution is 0.553. The van der Waals surface area contributed by atoms with Gasteiger partial charge in [-0.3, -0.25) is 0 Å². The minimum Gasteiger partial charge on any atom is -0.327 e. The van der Waals surface area contributed by atoms with Crippen molar-refractivity contribution in [2.75, 3.05) is 0 Å². The number of para-hydroxylation sites is 1. The van der Waals surface area contributed by atoms with Crippen molar-refractivity contribution in [3.05, 3.63) is 29.0 Å². The highest BCUT2D eigenvalue weighted by Gasteiger charge is 2.16. The number of benzene rings is 1. The first kappa shape index (κ1) is 16.6. The molecule has 0 aliphatic carbocycles. The number of unbranched alkanes of at least 4 members (excludes halogenated alkanes) is 5. The molecule has 0 saturated heterocycles. The van der Waals surface area contributed by atoms with E-state index in [1.54, 1.807) is 0 Å². The van der Waals surface area contributed by atoms with Crippen LogP contribution < -0.4 is 0 Å². The first-order valence-electron chi connectivity index (χ1n) is 7.94. The monoisotopic (exact) mass is 326 g/mol. The Morgan fingerprint density at radius 3 is 2.57 bits per heavy atom. The topological polar surface area (TPSA) is 17.8 Å². The van der Waals surface area contributed by atoms with Crippen LogP contribution in [0.15, 0.2) is 18.2 Å². The van der Waals surface area contributed by atoms with Crippen molar-refractivity contribution in [1.82, 2.24) is 9.55 Å². The lowest BCUT2D eigenvalue weighted by Crippen LogP contribution is -2.04. The predicted octanol–water partition coefficient (Wildman–Crippen LogP) is 6.35. The van der Waals surface area contributed by atoms with Gasteiger partial charge in [0.05, 0.1) is 15.9 Å². The van der Waals surface area contributed by atoms with Crippen molar-refractivity contribution in [3.8, 4) is 0 Å². The van der Waals surface area contributed by atoms with Crippen molar-refractivity contribution >= 4 is 34.2 Å². The van der Waals surface area contributed by atoms with Crippen LogP contribution in [0.1, 0.15) is 63.6 Å². The molecule has 0 saturated carbocycles. The number of imidazole rings is 1. The Kier molecular flexibility index (Phi) is 6.38. The molecule has 1 heterocycles. The van der Waals surface area contributed by atoms with Gasteiger partial charge in [0.2, 0.25) is 0 Å². The summed E-state index contributed by atoms with van der Waals surface area (Å²) in [6.07, 6.45) is 7.71. The number of aromatic nitrogens is 2. The molecule has 21 heavy (non-hydrogen) atoms. The van der Waals surface area contributed by atoms with Gasteiger partial charge in [0.15, 0.2) is 0 Å². The Balaban J connectivity index is 2.10. The minimum atomic E-state index is -0.103. The van der Waals surface area contributed by atoms with Crippen LogP contribution in [0.3, 0.4) is 0 Å². The molecule has 1 atom stereocenters. The zero-order valence-electron chi connectivity index (χ0n) is 12.9. The smallest absolute Gasteiger partial charge is 0.127 e. The minimum absolute atomic E-state index is 0.103. The van der Waals surface area contributed by atoms with E-state index in [1.807, 2.05) is 19.1 Å².